The van der Waals surface area contributed by atoms with Crippen molar-refractivity contribution in [3.05, 3.63) is 70.9 Å². The summed E-state index contributed by atoms with van der Waals surface area (Å²) in [4.78, 5) is 4.39. The molecule has 1 saturated carbocycles. The number of rotatable bonds is 5. The van der Waals surface area contributed by atoms with Crippen LogP contribution in [-0.2, 0) is 6.54 Å². The first-order valence-electron chi connectivity index (χ1n) is 9.56. The number of halogens is 3. The molecule has 1 fully saturated rings. The van der Waals surface area contributed by atoms with Crippen LogP contribution in [0.4, 0.5) is 14.5 Å². The van der Waals surface area contributed by atoms with Crippen molar-refractivity contribution in [3.63, 3.8) is 0 Å². The third-order valence-corrected chi connectivity index (χ3v) is 5.54. The lowest BCUT2D eigenvalue weighted by molar-refractivity contribution is 0.352. The van der Waals surface area contributed by atoms with Gasteiger partial charge in [-0.05, 0) is 67.6 Å². The van der Waals surface area contributed by atoms with Crippen molar-refractivity contribution in [2.45, 2.75) is 44.3 Å². The lowest BCUT2D eigenvalue weighted by atomic mass is 9.90. The lowest BCUT2D eigenvalue weighted by Gasteiger charge is -2.30. The maximum atomic E-state index is 13.3. The summed E-state index contributed by atoms with van der Waals surface area (Å²) in [5.41, 5.74) is 2.60. The van der Waals surface area contributed by atoms with E-state index >= 15 is 0 Å². The molecule has 4 rings (SSSR count). The van der Waals surface area contributed by atoms with Gasteiger partial charge >= 0.3 is 0 Å². The maximum absolute atomic E-state index is 13.3. The number of anilines is 1. The third-order valence-electron chi connectivity index (χ3n) is 5.31. The Balaban J connectivity index is 1.32. The van der Waals surface area contributed by atoms with Gasteiger partial charge in [0.25, 0.3) is 0 Å². The molecule has 2 aromatic carbocycles. The fraction of sp³-hybridized carbons (Fsp3) is 0.318. The van der Waals surface area contributed by atoms with Crippen LogP contribution in [0.2, 0.25) is 5.02 Å². The number of hydrogen-bond acceptors (Lipinski definition) is 3. The average molecular weight is 402 g/mol. The van der Waals surface area contributed by atoms with E-state index in [9.17, 15) is 8.78 Å². The Hall–Kier alpha value is -2.24. The molecule has 1 aromatic heterocycles. The van der Waals surface area contributed by atoms with Crippen molar-refractivity contribution in [2.24, 2.45) is 0 Å². The molecule has 1 aliphatic carbocycles. The molecule has 28 heavy (non-hydrogen) atoms. The number of hydrogen-bond donors (Lipinski definition) is 2. The van der Waals surface area contributed by atoms with Gasteiger partial charge in [0.15, 0.2) is 0 Å². The minimum Gasteiger partial charge on any atom is -0.382 e. The predicted octanol–water partition coefficient (Wildman–Crippen LogP) is 5.68. The second-order valence-corrected chi connectivity index (χ2v) is 7.81. The Bertz CT molecular complexity index is 951. The second-order valence-electron chi connectivity index (χ2n) is 7.37. The molecule has 1 aliphatic rings. The Morgan fingerprint density at radius 2 is 1.64 bits per heavy atom. The molecule has 0 amide bonds. The topological polar surface area (TPSA) is 37.0 Å². The zero-order valence-electron chi connectivity index (χ0n) is 15.4. The predicted molar refractivity (Wildman–Crippen MR) is 110 cm³/mol. The number of pyridine rings is 1. The maximum Gasteiger partial charge on any atom is 0.126 e. The van der Waals surface area contributed by atoms with Crippen LogP contribution in [-0.4, -0.2) is 17.1 Å². The minimum absolute atomic E-state index is 0.359. The summed E-state index contributed by atoms with van der Waals surface area (Å²) < 4.78 is 26.6. The van der Waals surface area contributed by atoms with Crippen LogP contribution < -0.4 is 10.6 Å². The molecule has 146 valence electrons. The second kappa shape index (κ2) is 8.41. The van der Waals surface area contributed by atoms with Crippen LogP contribution in [0.3, 0.4) is 0 Å². The molecular weight excluding hydrogens is 380 g/mol. The molecule has 2 N–H and O–H groups in total. The van der Waals surface area contributed by atoms with Gasteiger partial charge in [-0.3, -0.25) is 4.98 Å². The molecule has 3 aromatic rings. The quantitative estimate of drug-likeness (QED) is 0.577. The smallest absolute Gasteiger partial charge is 0.126 e. The molecule has 3 nitrogen and oxygen atoms in total. The summed E-state index contributed by atoms with van der Waals surface area (Å²) in [6, 6.07) is 12.2. The van der Waals surface area contributed by atoms with Crippen molar-refractivity contribution in [3.8, 4) is 0 Å². The van der Waals surface area contributed by atoms with Gasteiger partial charge in [0.05, 0.1) is 5.52 Å². The van der Waals surface area contributed by atoms with E-state index in [1.165, 1.54) is 12.1 Å². The minimum atomic E-state index is -0.532. The average Bonchev–Trinajstić information content (AvgIpc) is 2.67. The number of nitrogens with one attached hydrogen (secondary N) is 2. The van der Waals surface area contributed by atoms with Crippen molar-refractivity contribution in [2.75, 3.05) is 5.32 Å². The number of aromatic nitrogens is 1. The van der Waals surface area contributed by atoms with E-state index in [-0.39, 0.29) is 0 Å². The fourth-order valence-corrected chi connectivity index (χ4v) is 4.05. The van der Waals surface area contributed by atoms with Crippen LogP contribution in [0, 0.1) is 11.6 Å². The Morgan fingerprint density at radius 1 is 0.929 bits per heavy atom. The van der Waals surface area contributed by atoms with Crippen LogP contribution in [0.15, 0.2) is 48.7 Å². The van der Waals surface area contributed by atoms with E-state index in [1.54, 1.807) is 6.20 Å². The molecule has 0 bridgehead atoms. The molecule has 0 radical (unpaired) electrons. The van der Waals surface area contributed by atoms with E-state index in [0.29, 0.717) is 29.2 Å². The van der Waals surface area contributed by atoms with Crippen LogP contribution in [0.25, 0.3) is 10.9 Å². The first-order chi connectivity index (χ1) is 13.6. The normalized spacial score (nSPS) is 19.7. The molecule has 0 spiro atoms. The van der Waals surface area contributed by atoms with E-state index in [2.05, 4.69) is 15.6 Å². The van der Waals surface area contributed by atoms with E-state index in [0.717, 1.165) is 48.3 Å². The van der Waals surface area contributed by atoms with Gasteiger partial charge in [-0.25, -0.2) is 8.78 Å². The van der Waals surface area contributed by atoms with Gasteiger partial charge in [0, 0.05) is 47.0 Å². The zero-order chi connectivity index (χ0) is 19.5. The summed E-state index contributed by atoms with van der Waals surface area (Å²) in [6.45, 7) is 0.479. The Morgan fingerprint density at radius 3 is 2.39 bits per heavy atom. The van der Waals surface area contributed by atoms with Crippen LogP contribution >= 0.6 is 11.6 Å². The first-order valence-corrected chi connectivity index (χ1v) is 9.94. The van der Waals surface area contributed by atoms with Gasteiger partial charge in [0.1, 0.15) is 11.6 Å². The molecule has 6 heteroatoms. The molecule has 1 heterocycles. The Kier molecular flexibility index (Phi) is 5.74. The van der Waals surface area contributed by atoms with E-state index < -0.39 is 11.6 Å². The lowest BCUT2D eigenvalue weighted by Crippen LogP contribution is -2.36. The van der Waals surface area contributed by atoms with Crippen molar-refractivity contribution in [1.82, 2.24) is 10.3 Å². The molecule has 0 unspecified atom stereocenters. The third kappa shape index (κ3) is 4.59. The molecule has 0 atom stereocenters. The molecule has 0 aliphatic heterocycles. The highest BCUT2D eigenvalue weighted by molar-refractivity contribution is 6.31. The summed E-state index contributed by atoms with van der Waals surface area (Å²) in [5.74, 6) is -1.06. The van der Waals surface area contributed by atoms with E-state index in [1.807, 2.05) is 24.3 Å². The molecular formula is C22H22ClF2N3. The standard InChI is InChI=1S/C22H22ClF2N3/c23-15-1-6-20-21(7-8-26-22(20)11-15)28-19-4-2-18(3-5-19)27-13-14-9-16(24)12-17(25)10-14/h1,6-12,18-19,27H,2-5,13H2,(H,26,28)/t18-,19+. The number of fused-ring (bicyclic) bond motifs is 1. The largest absolute Gasteiger partial charge is 0.382 e. The summed E-state index contributed by atoms with van der Waals surface area (Å²) in [7, 11) is 0. The Labute approximate surface area is 168 Å². The summed E-state index contributed by atoms with van der Waals surface area (Å²) in [5, 5.41) is 8.82. The van der Waals surface area contributed by atoms with Gasteiger partial charge in [-0.2, -0.15) is 0 Å². The van der Waals surface area contributed by atoms with Crippen molar-refractivity contribution < 1.29 is 8.78 Å². The van der Waals surface area contributed by atoms with Gasteiger partial charge in [0.2, 0.25) is 0 Å². The summed E-state index contributed by atoms with van der Waals surface area (Å²) >= 11 is 6.06. The highest BCUT2D eigenvalue weighted by Gasteiger charge is 2.21. The fourth-order valence-electron chi connectivity index (χ4n) is 3.88. The molecule has 0 saturated heterocycles. The SMILES string of the molecule is Fc1cc(F)cc(CN[C@H]2CC[C@@H](Nc3ccnc4cc(Cl)ccc34)CC2)c1. The summed E-state index contributed by atoms with van der Waals surface area (Å²) in [6.07, 6.45) is 5.90. The zero-order valence-corrected chi connectivity index (χ0v) is 16.1. The highest BCUT2D eigenvalue weighted by Crippen LogP contribution is 2.28. The van der Waals surface area contributed by atoms with Gasteiger partial charge < -0.3 is 10.6 Å². The van der Waals surface area contributed by atoms with Gasteiger partial charge in [-0.1, -0.05) is 11.6 Å². The number of benzene rings is 2. The number of nitrogens with zero attached hydrogens (tertiary/aromatic N) is 1. The van der Waals surface area contributed by atoms with E-state index in [4.69, 9.17) is 11.6 Å². The first kappa shape index (κ1) is 19.1. The van der Waals surface area contributed by atoms with Gasteiger partial charge in [-0.15, -0.1) is 0 Å². The van der Waals surface area contributed by atoms with Crippen LogP contribution in [0.5, 0.6) is 0 Å². The highest BCUT2D eigenvalue weighted by atomic mass is 35.5. The monoisotopic (exact) mass is 401 g/mol. The van der Waals surface area contributed by atoms with Crippen molar-refractivity contribution in [1.29, 1.82) is 0 Å². The van der Waals surface area contributed by atoms with Crippen LogP contribution in [0.1, 0.15) is 31.2 Å². The van der Waals surface area contributed by atoms with Crippen molar-refractivity contribution >= 4 is 28.2 Å².